The summed E-state index contributed by atoms with van der Waals surface area (Å²) in [6.45, 7) is 0. The molecule has 0 aromatic heterocycles. The van der Waals surface area contributed by atoms with Gasteiger partial charge in [-0.05, 0) is 0 Å². The van der Waals surface area contributed by atoms with E-state index in [2.05, 4.69) is 24.3 Å². The van der Waals surface area contributed by atoms with E-state index in [-0.39, 0.29) is 0 Å². The van der Waals surface area contributed by atoms with Gasteiger partial charge in [-0.15, -0.1) is 6.07 Å². The summed E-state index contributed by atoms with van der Waals surface area (Å²) in [5.74, 6) is 0. The number of hydrogen-bond acceptors (Lipinski definition) is 0. The summed E-state index contributed by atoms with van der Waals surface area (Å²) in [5.41, 5.74) is 0. The van der Waals surface area contributed by atoms with Crippen molar-refractivity contribution in [2.45, 2.75) is 0 Å². The van der Waals surface area contributed by atoms with Crippen molar-refractivity contribution in [1.29, 1.82) is 0 Å². The van der Waals surface area contributed by atoms with Crippen molar-refractivity contribution in [1.82, 2.24) is 0 Å². The van der Waals surface area contributed by atoms with Gasteiger partial charge in [-0.25, -0.2) is 23.6 Å². The molecule has 48 valence electrons. The van der Waals surface area contributed by atoms with Gasteiger partial charge in [0.15, 0.2) is 0 Å². The predicted molar refractivity (Wildman–Crippen MR) is 41.6 cm³/mol. The summed E-state index contributed by atoms with van der Waals surface area (Å²) in [4.78, 5) is 0. The van der Waals surface area contributed by atoms with E-state index in [1.165, 1.54) is 5.39 Å². The molecule has 0 saturated carbocycles. The molecular weight excluding hydrogens is 120 g/mol. The smallest absolute Gasteiger partial charge is 0.0982 e. The highest BCUT2D eigenvalue weighted by molar-refractivity contribution is 5.80. The summed E-state index contributed by atoms with van der Waals surface area (Å²) in [7, 11) is 0. The summed E-state index contributed by atoms with van der Waals surface area (Å²) in [6, 6.07) is 18.1. The van der Waals surface area contributed by atoms with E-state index in [9.17, 15) is 0 Å². The maximum Gasteiger partial charge on any atom is -0.0982 e. The van der Waals surface area contributed by atoms with Crippen LogP contribution in [0.1, 0.15) is 0 Å². The zero-order chi connectivity index (χ0) is 6.81. The van der Waals surface area contributed by atoms with E-state index in [4.69, 9.17) is 0 Å². The van der Waals surface area contributed by atoms with Gasteiger partial charge in [0.05, 0.1) is 0 Å². The average molecular weight is 126 g/mol. The van der Waals surface area contributed by atoms with Crippen LogP contribution >= 0.6 is 0 Å². The Morgan fingerprint density at radius 1 is 0.900 bits per heavy atom. The van der Waals surface area contributed by atoms with Gasteiger partial charge in [0.1, 0.15) is 0 Å². The molecule has 0 aliphatic rings. The molecule has 0 spiro atoms. The van der Waals surface area contributed by atoms with Gasteiger partial charge < -0.3 is 0 Å². The fourth-order valence-corrected chi connectivity index (χ4v) is 0.997. The first kappa shape index (κ1) is 5.48. The minimum atomic E-state index is 1.06. The van der Waals surface area contributed by atoms with Crippen molar-refractivity contribution in [3.63, 3.8) is 0 Å². The van der Waals surface area contributed by atoms with Gasteiger partial charge in [-0.3, -0.25) is 17.5 Å². The van der Waals surface area contributed by atoms with Crippen LogP contribution < -0.4 is 0 Å². The quantitative estimate of drug-likeness (QED) is 0.475. The largest absolute Gasteiger partial charge is 0.286 e. The molecule has 2 aromatic rings. The van der Waals surface area contributed by atoms with Crippen molar-refractivity contribution in [3.8, 4) is 0 Å². The molecule has 0 fully saturated rings. The number of fused-ring (bicyclic) bond motifs is 1. The Hall–Kier alpha value is -1.30. The average Bonchev–Trinajstić information content (AvgIpc) is 2.05. The Labute approximate surface area is 60.1 Å². The van der Waals surface area contributed by atoms with Gasteiger partial charge in [-0.2, -0.15) is 6.07 Å². The molecule has 0 unspecified atom stereocenters. The molecule has 0 aliphatic heterocycles. The van der Waals surface area contributed by atoms with Crippen LogP contribution in [0.15, 0.2) is 36.4 Å². The topological polar surface area (TPSA) is 0 Å². The summed E-state index contributed by atoms with van der Waals surface area (Å²) >= 11 is 0. The minimum Gasteiger partial charge on any atom is -0.286 e. The van der Waals surface area contributed by atoms with Crippen molar-refractivity contribution in [2.75, 3.05) is 0 Å². The number of hydrogen-bond donors (Lipinski definition) is 0. The van der Waals surface area contributed by atoms with Gasteiger partial charge in [0, 0.05) is 0 Å². The molecule has 0 aliphatic carbocycles. The first-order valence-electron chi connectivity index (χ1n) is 3.24. The van der Waals surface area contributed by atoms with Crippen LogP contribution in [0, 0.1) is 12.1 Å². The second kappa shape index (κ2) is 2.14. The molecule has 0 heterocycles. The fraction of sp³-hybridized carbons (Fsp3) is 0. The maximum atomic E-state index is 3.10. The van der Waals surface area contributed by atoms with Crippen molar-refractivity contribution in [3.05, 3.63) is 48.5 Å². The molecule has 0 atom stereocenters. The highest BCUT2D eigenvalue weighted by Gasteiger charge is 1.67. The minimum absolute atomic E-state index is 1.06. The van der Waals surface area contributed by atoms with Gasteiger partial charge >= 0.3 is 0 Å². The highest BCUT2D eigenvalue weighted by atomic mass is 13.9. The SMILES string of the molecule is [c-]1cccc2ccc[c-]c12. The second-order valence-electron chi connectivity index (χ2n) is 2.17. The molecule has 0 amide bonds. The lowest BCUT2D eigenvalue weighted by molar-refractivity contribution is 1.73. The Bertz CT molecular complexity index is 271. The molecule has 2 rings (SSSR count). The molecule has 0 nitrogen and oxygen atoms in total. The van der Waals surface area contributed by atoms with Crippen LogP contribution in [0.2, 0.25) is 0 Å². The van der Waals surface area contributed by atoms with E-state index in [0.29, 0.717) is 0 Å². The van der Waals surface area contributed by atoms with Crippen molar-refractivity contribution < 1.29 is 0 Å². The van der Waals surface area contributed by atoms with Gasteiger partial charge in [-0.1, -0.05) is 6.07 Å². The Kier molecular flexibility index (Phi) is 1.17. The Morgan fingerprint density at radius 2 is 1.50 bits per heavy atom. The van der Waals surface area contributed by atoms with E-state index in [0.717, 1.165) is 5.39 Å². The van der Waals surface area contributed by atoms with Crippen molar-refractivity contribution in [2.24, 2.45) is 0 Å². The van der Waals surface area contributed by atoms with E-state index in [1.807, 2.05) is 24.3 Å². The third kappa shape index (κ3) is 0.781. The number of rotatable bonds is 0. The lowest BCUT2D eigenvalue weighted by Gasteiger charge is -2.11. The lowest BCUT2D eigenvalue weighted by atomic mass is 10.1. The number of benzene rings is 2. The zero-order valence-corrected chi connectivity index (χ0v) is 5.46. The fourth-order valence-electron chi connectivity index (χ4n) is 0.997. The Balaban J connectivity index is 2.89. The summed E-state index contributed by atoms with van der Waals surface area (Å²) in [6.07, 6.45) is 0. The van der Waals surface area contributed by atoms with E-state index < -0.39 is 0 Å². The second-order valence-corrected chi connectivity index (χ2v) is 2.17. The summed E-state index contributed by atoms with van der Waals surface area (Å²) in [5, 5.41) is 2.26. The first-order valence-corrected chi connectivity index (χ1v) is 3.24. The molecule has 2 aromatic carbocycles. The molecule has 0 bridgehead atoms. The van der Waals surface area contributed by atoms with Crippen LogP contribution in [0.5, 0.6) is 0 Å². The van der Waals surface area contributed by atoms with Crippen molar-refractivity contribution >= 4 is 10.8 Å². The molecular formula is C10H6-2. The van der Waals surface area contributed by atoms with Crippen LogP contribution in [0.3, 0.4) is 0 Å². The molecule has 0 saturated heterocycles. The van der Waals surface area contributed by atoms with Gasteiger partial charge in [0.2, 0.25) is 0 Å². The van der Waals surface area contributed by atoms with Crippen LogP contribution in [-0.2, 0) is 0 Å². The normalized spacial score (nSPS) is 10.0. The van der Waals surface area contributed by atoms with E-state index >= 15 is 0 Å². The molecule has 0 heteroatoms. The zero-order valence-electron chi connectivity index (χ0n) is 5.46. The molecule has 0 N–H and O–H groups in total. The van der Waals surface area contributed by atoms with E-state index in [1.54, 1.807) is 0 Å². The predicted octanol–water partition coefficient (Wildman–Crippen LogP) is 2.44. The molecule has 10 heavy (non-hydrogen) atoms. The van der Waals surface area contributed by atoms with Gasteiger partial charge in [0.25, 0.3) is 0 Å². The Morgan fingerprint density at radius 3 is 2.00 bits per heavy atom. The molecule has 0 radical (unpaired) electrons. The summed E-state index contributed by atoms with van der Waals surface area (Å²) < 4.78 is 0. The monoisotopic (exact) mass is 126 g/mol. The standard InChI is InChI=1S/C10H6/c1-2-6-10-8-4-3-7-9(10)5-1/h1-5,7H/q-2. The lowest BCUT2D eigenvalue weighted by Crippen LogP contribution is -1.68. The van der Waals surface area contributed by atoms with Crippen LogP contribution in [0.4, 0.5) is 0 Å². The maximum absolute atomic E-state index is 3.10. The third-order valence-electron chi connectivity index (χ3n) is 1.49. The van der Waals surface area contributed by atoms with Crippen LogP contribution in [0.25, 0.3) is 10.8 Å². The van der Waals surface area contributed by atoms with Crippen LogP contribution in [-0.4, -0.2) is 0 Å². The first-order chi connectivity index (χ1) is 4.97. The highest BCUT2D eigenvalue weighted by Crippen LogP contribution is 2.09. The third-order valence-corrected chi connectivity index (χ3v) is 1.49.